The molecule has 3 rings (SSSR count). The highest BCUT2D eigenvalue weighted by molar-refractivity contribution is 7.11. The molecule has 112 valence electrons. The summed E-state index contributed by atoms with van der Waals surface area (Å²) in [5, 5.41) is 4.59. The average molecular weight is 320 g/mol. The number of hydrogen-bond donors (Lipinski definition) is 1. The number of halogens is 1. The second kappa shape index (κ2) is 6.51. The Hall–Kier alpha value is -0.830. The van der Waals surface area contributed by atoms with E-state index in [1.165, 1.54) is 28.2 Å². The van der Waals surface area contributed by atoms with Crippen LogP contribution in [0.5, 0.6) is 0 Å². The lowest BCUT2D eigenvalue weighted by molar-refractivity contribution is 0.269. The van der Waals surface area contributed by atoms with Crippen LogP contribution in [0.2, 0.25) is 5.02 Å². The number of thiophene rings is 1. The van der Waals surface area contributed by atoms with Gasteiger partial charge in [0.05, 0.1) is 0 Å². The average Bonchev–Trinajstić information content (AvgIpc) is 2.80. The third-order valence-corrected chi connectivity index (χ3v) is 5.58. The second-order valence-electron chi connectivity index (χ2n) is 6.20. The highest BCUT2D eigenvalue weighted by Crippen LogP contribution is 2.37. The Labute approximate surface area is 136 Å². The van der Waals surface area contributed by atoms with E-state index in [9.17, 15) is 0 Å². The van der Waals surface area contributed by atoms with E-state index in [4.69, 9.17) is 11.6 Å². The molecule has 21 heavy (non-hydrogen) atoms. The Morgan fingerprint density at radius 3 is 2.52 bits per heavy atom. The van der Waals surface area contributed by atoms with Gasteiger partial charge in [0.15, 0.2) is 0 Å². The van der Waals surface area contributed by atoms with Crippen molar-refractivity contribution in [3.05, 3.63) is 56.7 Å². The SMILES string of the molecule is Cc1ccc(CC(C)NC2CC(c3ccc(Cl)cc3)C2)s1. The topological polar surface area (TPSA) is 12.0 Å². The fourth-order valence-electron chi connectivity index (χ4n) is 3.12. The predicted molar refractivity (Wildman–Crippen MR) is 92.6 cm³/mol. The summed E-state index contributed by atoms with van der Waals surface area (Å²) in [6.45, 7) is 4.47. The van der Waals surface area contributed by atoms with E-state index in [2.05, 4.69) is 43.4 Å². The maximum absolute atomic E-state index is 5.94. The normalized spacial score (nSPS) is 22.8. The summed E-state index contributed by atoms with van der Waals surface area (Å²) >= 11 is 7.86. The molecule has 0 radical (unpaired) electrons. The van der Waals surface area contributed by atoms with Gasteiger partial charge >= 0.3 is 0 Å². The van der Waals surface area contributed by atoms with Crippen LogP contribution in [0.1, 0.15) is 41.0 Å². The van der Waals surface area contributed by atoms with Crippen molar-refractivity contribution >= 4 is 22.9 Å². The van der Waals surface area contributed by atoms with Crippen LogP contribution in [0.15, 0.2) is 36.4 Å². The Kier molecular flexibility index (Phi) is 4.68. The van der Waals surface area contributed by atoms with E-state index in [-0.39, 0.29) is 0 Å². The molecule has 0 aliphatic heterocycles. The number of rotatable bonds is 5. The van der Waals surface area contributed by atoms with Crippen molar-refractivity contribution in [3.63, 3.8) is 0 Å². The third kappa shape index (κ3) is 3.88. The first kappa shape index (κ1) is 15.1. The van der Waals surface area contributed by atoms with Crippen molar-refractivity contribution in [2.75, 3.05) is 0 Å². The van der Waals surface area contributed by atoms with Crippen LogP contribution in [0.3, 0.4) is 0 Å². The Balaban J connectivity index is 1.45. The molecule has 1 heterocycles. The fraction of sp³-hybridized carbons (Fsp3) is 0.444. The van der Waals surface area contributed by atoms with E-state index in [1.54, 1.807) is 0 Å². The van der Waals surface area contributed by atoms with Gasteiger partial charge in [0.2, 0.25) is 0 Å². The molecule has 1 nitrogen and oxygen atoms in total. The van der Waals surface area contributed by atoms with Crippen LogP contribution in [0.4, 0.5) is 0 Å². The molecular formula is C18H22ClNS. The maximum Gasteiger partial charge on any atom is 0.0406 e. The van der Waals surface area contributed by atoms with E-state index in [0.717, 1.165) is 11.4 Å². The Morgan fingerprint density at radius 1 is 1.19 bits per heavy atom. The summed E-state index contributed by atoms with van der Waals surface area (Å²) < 4.78 is 0. The van der Waals surface area contributed by atoms with Crippen LogP contribution in [0.25, 0.3) is 0 Å². The van der Waals surface area contributed by atoms with Gasteiger partial charge in [-0.3, -0.25) is 0 Å². The molecule has 1 aromatic heterocycles. The Bertz CT molecular complexity index is 584. The molecule has 0 bridgehead atoms. The number of nitrogens with one attached hydrogen (secondary N) is 1. The number of benzene rings is 1. The van der Waals surface area contributed by atoms with Gasteiger partial charge < -0.3 is 5.32 Å². The molecule has 1 aliphatic carbocycles. The maximum atomic E-state index is 5.94. The van der Waals surface area contributed by atoms with Crippen LogP contribution in [0, 0.1) is 6.92 Å². The van der Waals surface area contributed by atoms with E-state index in [1.807, 2.05) is 23.5 Å². The van der Waals surface area contributed by atoms with Crippen molar-refractivity contribution in [2.24, 2.45) is 0 Å². The Morgan fingerprint density at radius 2 is 1.90 bits per heavy atom. The lowest BCUT2D eigenvalue weighted by Crippen LogP contribution is -2.45. The lowest BCUT2D eigenvalue weighted by atomic mass is 9.75. The molecule has 1 saturated carbocycles. The van der Waals surface area contributed by atoms with Crippen molar-refractivity contribution in [1.29, 1.82) is 0 Å². The zero-order valence-electron chi connectivity index (χ0n) is 12.6. The number of hydrogen-bond acceptors (Lipinski definition) is 2. The van der Waals surface area contributed by atoms with Gasteiger partial charge in [0, 0.05) is 26.9 Å². The van der Waals surface area contributed by atoms with Gasteiger partial charge in [0.25, 0.3) is 0 Å². The summed E-state index contributed by atoms with van der Waals surface area (Å²) in [6.07, 6.45) is 3.63. The van der Waals surface area contributed by atoms with Gasteiger partial charge in [-0.05, 0) is 68.9 Å². The number of aryl methyl sites for hydroxylation is 1. The molecule has 2 aromatic rings. The minimum atomic E-state index is 0.555. The molecule has 0 spiro atoms. The largest absolute Gasteiger partial charge is 0.311 e. The lowest BCUT2D eigenvalue weighted by Gasteiger charge is -2.38. The molecule has 1 unspecified atom stereocenters. The molecule has 0 amide bonds. The molecule has 1 aromatic carbocycles. The van der Waals surface area contributed by atoms with Crippen LogP contribution >= 0.6 is 22.9 Å². The van der Waals surface area contributed by atoms with Gasteiger partial charge in [-0.1, -0.05) is 23.7 Å². The molecule has 0 saturated heterocycles. The zero-order chi connectivity index (χ0) is 14.8. The summed E-state index contributed by atoms with van der Waals surface area (Å²) in [4.78, 5) is 2.89. The minimum Gasteiger partial charge on any atom is -0.311 e. The standard InChI is InChI=1S/C18H22ClNS/c1-12(9-18-8-3-13(2)21-18)20-17-10-15(11-17)14-4-6-16(19)7-5-14/h3-8,12,15,17,20H,9-11H2,1-2H3. The van der Waals surface area contributed by atoms with E-state index < -0.39 is 0 Å². The first-order valence-electron chi connectivity index (χ1n) is 7.67. The molecule has 1 atom stereocenters. The van der Waals surface area contributed by atoms with Crippen molar-refractivity contribution in [1.82, 2.24) is 5.32 Å². The zero-order valence-corrected chi connectivity index (χ0v) is 14.2. The van der Waals surface area contributed by atoms with Crippen molar-refractivity contribution < 1.29 is 0 Å². The van der Waals surface area contributed by atoms with Gasteiger partial charge in [-0.15, -0.1) is 11.3 Å². The molecule has 1 N–H and O–H groups in total. The summed E-state index contributed by atoms with van der Waals surface area (Å²) in [5.74, 6) is 0.705. The van der Waals surface area contributed by atoms with Crippen LogP contribution in [-0.4, -0.2) is 12.1 Å². The first-order chi connectivity index (χ1) is 10.1. The molecule has 3 heteroatoms. The highest BCUT2D eigenvalue weighted by Gasteiger charge is 2.30. The predicted octanol–water partition coefficient (Wildman–Crippen LogP) is 5.18. The summed E-state index contributed by atoms with van der Waals surface area (Å²) in [6, 6.07) is 14.0. The summed E-state index contributed by atoms with van der Waals surface area (Å²) in [5.41, 5.74) is 1.43. The fourth-order valence-corrected chi connectivity index (χ4v) is 4.26. The van der Waals surface area contributed by atoms with Crippen LogP contribution in [-0.2, 0) is 6.42 Å². The molecule has 1 fully saturated rings. The highest BCUT2D eigenvalue weighted by atomic mass is 35.5. The molecule has 1 aliphatic rings. The van der Waals surface area contributed by atoms with E-state index in [0.29, 0.717) is 18.0 Å². The van der Waals surface area contributed by atoms with Gasteiger partial charge in [-0.2, -0.15) is 0 Å². The summed E-state index contributed by atoms with van der Waals surface area (Å²) in [7, 11) is 0. The van der Waals surface area contributed by atoms with Crippen molar-refractivity contribution in [2.45, 2.75) is 51.1 Å². The monoisotopic (exact) mass is 319 g/mol. The minimum absolute atomic E-state index is 0.555. The third-order valence-electron chi connectivity index (χ3n) is 4.30. The van der Waals surface area contributed by atoms with Gasteiger partial charge in [0.1, 0.15) is 0 Å². The quantitative estimate of drug-likeness (QED) is 0.801. The van der Waals surface area contributed by atoms with Crippen molar-refractivity contribution in [3.8, 4) is 0 Å². The first-order valence-corrected chi connectivity index (χ1v) is 8.86. The van der Waals surface area contributed by atoms with Gasteiger partial charge in [-0.25, -0.2) is 0 Å². The van der Waals surface area contributed by atoms with E-state index >= 15 is 0 Å². The second-order valence-corrected chi connectivity index (χ2v) is 8.01. The smallest absolute Gasteiger partial charge is 0.0406 e. The van der Waals surface area contributed by atoms with Crippen LogP contribution < -0.4 is 5.32 Å². The molecular weight excluding hydrogens is 298 g/mol.